The fraction of sp³-hybridized carbons (Fsp3) is 0.368. The van der Waals surface area contributed by atoms with Crippen LogP contribution in [0.25, 0.3) is 0 Å². The van der Waals surface area contributed by atoms with E-state index >= 15 is 0 Å². The van der Waals surface area contributed by atoms with Crippen molar-refractivity contribution in [1.29, 1.82) is 0 Å². The molecule has 2 aromatic rings. The van der Waals surface area contributed by atoms with Crippen LogP contribution in [-0.2, 0) is 28.9 Å². The highest BCUT2D eigenvalue weighted by atomic mass is 32.1. The molecule has 27 heavy (non-hydrogen) atoms. The van der Waals surface area contributed by atoms with Crippen LogP contribution in [0.4, 0.5) is 13.2 Å². The summed E-state index contributed by atoms with van der Waals surface area (Å²) in [4.78, 5) is 26.0. The van der Waals surface area contributed by atoms with E-state index in [0.717, 1.165) is 17.7 Å². The van der Waals surface area contributed by atoms with Gasteiger partial charge in [-0.3, -0.25) is 9.59 Å². The molecule has 3 rings (SSSR count). The van der Waals surface area contributed by atoms with Gasteiger partial charge in [0.1, 0.15) is 0 Å². The Balaban J connectivity index is 1.62. The number of nitrogens with zero attached hydrogens (tertiary/aromatic N) is 1. The monoisotopic (exact) mass is 396 g/mol. The zero-order valence-electron chi connectivity index (χ0n) is 14.5. The molecule has 2 amide bonds. The second-order valence-electron chi connectivity index (χ2n) is 6.56. The van der Waals surface area contributed by atoms with Crippen LogP contribution in [0.2, 0.25) is 0 Å². The molecule has 1 aromatic heterocycles. The predicted molar refractivity (Wildman–Crippen MR) is 95.8 cm³/mol. The minimum atomic E-state index is -4.42. The predicted octanol–water partition coefficient (Wildman–Crippen LogP) is 3.82. The summed E-state index contributed by atoms with van der Waals surface area (Å²) < 4.78 is 38.6. The first kappa shape index (κ1) is 19.4. The van der Waals surface area contributed by atoms with Crippen molar-refractivity contribution >= 4 is 23.2 Å². The Morgan fingerprint density at radius 2 is 2.07 bits per heavy atom. The van der Waals surface area contributed by atoms with Gasteiger partial charge in [0.25, 0.3) is 0 Å². The summed E-state index contributed by atoms with van der Waals surface area (Å²) in [6.45, 7) is 0.710. The maximum Gasteiger partial charge on any atom is 0.416 e. The van der Waals surface area contributed by atoms with Crippen LogP contribution in [-0.4, -0.2) is 23.3 Å². The molecule has 0 bridgehead atoms. The lowest BCUT2D eigenvalue weighted by Crippen LogP contribution is -2.45. The molecule has 0 saturated carbocycles. The Morgan fingerprint density at radius 3 is 2.78 bits per heavy atom. The van der Waals surface area contributed by atoms with Crippen LogP contribution < -0.4 is 5.32 Å². The van der Waals surface area contributed by atoms with Crippen LogP contribution in [0.3, 0.4) is 0 Å². The van der Waals surface area contributed by atoms with E-state index in [9.17, 15) is 22.8 Å². The van der Waals surface area contributed by atoms with E-state index in [-0.39, 0.29) is 37.2 Å². The van der Waals surface area contributed by atoms with E-state index in [1.54, 1.807) is 17.4 Å². The van der Waals surface area contributed by atoms with Crippen LogP contribution in [0.5, 0.6) is 0 Å². The first-order chi connectivity index (χ1) is 12.8. The number of nitrogens with one attached hydrogen (secondary N) is 1. The highest BCUT2D eigenvalue weighted by Crippen LogP contribution is 2.30. The van der Waals surface area contributed by atoms with Gasteiger partial charge in [-0.2, -0.15) is 24.5 Å². The Morgan fingerprint density at radius 1 is 1.26 bits per heavy atom. The molecule has 1 N–H and O–H groups in total. The van der Waals surface area contributed by atoms with E-state index in [1.165, 1.54) is 11.0 Å². The summed E-state index contributed by atoms with van der Waals surface area (Å²) in [5.74, 6) is -0.635. The first-order valence-corrected chi connectivity index (χ1v) is 9.50. The van der Waals surface area contributed by atoms with Gasteiger partial charge in [0, 0.05) is 26.1 Å². The zero-order chi connectivity index (χ0) is 19.4. The van der Waals surface area contributed by atoms with Crippen molar-refractivity contribution in [1.82, 2.24) is 10.2 Å². The molecule has 4 nitrogen and oxygen atoms in total. The third-order valence-corrected chi connectivity index (χ3v) is 5.28. The lowest BCUT2D eigenvalue weighted by Gasteiger charge is -2.32. The Labute approximate surface area is 159 Å². The van der Waals surface area contributed by atoms with Gasteiger partial charge in [-0.15, -0.1) is 0 Å². The fourth-order valence-electron chi connectivity index (χ4n) is 3.07. The molecule has 0 spiro atoms. The lowest BCUT2D eigenvalue weighted by atomic mass is 9.96. The van der Waals surface area contributed by atoms with Gasteiger partial charge in [0.05, 0.1) is 11.5 Å². The number of thiophene rings is 1. The van der Waals surface area contributed by atoms with E-state index in [1.807, 2.05) is 16.8 Å². The van der Waals surface area contributed by atoms with Crippen molar-refractivity contribution < 1.29 is 22.8 Å². The van der Waals surface area contributed by atoms with Gasteiger partial charge < -0.3 is 10.2 Å². The summed E-state index contributed by atoms with van der Waals surface area (Å²) in [6.07, 6.45) is -3.76. The number of hydrogen-bond acceptors (Lipinski definition) is 3. The maximum atomic E-state index is 12.9. The van der Waals surface area contributed by atoms with Crippen molar-refractivity contribution in [3.8, 4) is 0 Å². The SMILES string of the molecule is O=C(NCc1ccsc1)[C@@H]1CCC(=O)N(Cc2cccc(C(F)(F)F)c2)C1. The molecular weight excluding hydrogens is 377 g/mol. The van der Waals surface area contributed by atoms with Crippen molar-refractivity contribution in [2.45, 2.75) is 32.1 Å². The fourth-order valence-corrected chi connectivity index (χ4v) is 3.74. The normalized spacial score (nSPS) is 17.8. The molecule has 1 atom stereocenters. The van der Waals surface area contributed by atoms with Gasteiger partial charge in [-0.1, -0.05) is 12.1 Å². The van der Waals surface area contributed by atoms with Crippen LogP contribution in [0.15, 0.2) is 41.1 Å². The molecule has 1 aromatic carbocycles. The second-order valence-corrected chi connectivity index (χ2v) is 7.34. The van der Waals surface area contributed by atoms with Crippen molar-refractivity contribution in [3.63, 3.8) is 0 Å². The van der Waals surface area contributed by atoms with Crippen LogP contribution >= 0.6 is 11.3 Å². The van der Waals surface area contributed by atoms with E-state index < -0.39 is 11.7 Å². The lowest BCUT2D eigenvalue weighted by molar-refractivity contribution is -0.139. The minimum Gasteiger partial charge on any atom is -0.352 e. The highest BCUT2D eigenvalue weighted by molar-refractivity contribution is 7.07. The third kappa shape index (κ3) is 5.09. The number of piperidine rings is 1. The summed E-state index contributed by atoms with van der Waals surface area (Å²) in [5, 5.41) is 6.74. The third-order valence-electron chi connectivity index (χ3n) is 4.55. The minimum absolute atomic E-state index is 0.0665. The second kappa shape index (κ2) is 8.12. The Bertz CT molecular complexity index is 806. The van der Waals surface area contributed by atoms with E-state index in [0.29, 0.717) is 18.5 Å². The number of benzene rings is 1. The van der Waals surface area contributed by atoms with E-state index in [2.05, 4.69) is 5.32 Å². The number of carbonyl (C=O) groups excluding carboxylic acids is 2. The molecule has 2 heterocycles. The van der Waals surface area contributed by atoms with Crippen molar-refractivity contribution in [2.24, 2.45) is 5.92 Å². The molecule has 8 heteroatoms. The number of alkyl halides is 3. The standard InChI is InChI=1S/C19H19F3N2O2S/c20-19(21,22)16-3-1-2-13(8-16)10-24-11-15(4-5-17(24)25)18(26)23-9-14-6-7-27-12-14/h1-3,6-8,12,15H,4-5,9-11H2,(H,23,26)/t15-/m1/s1. The average Bonchev–Trinajstić information content (AvgIpc) is 3.14. The Hall–Kier alpha value is -2.35. The Kier molecular flexibility index (Phi) is 5.84. The van der Waals surface area contributed by atoms with Gasteiger partial charge in [-0.25, -0.2) is 0 Å². The summed E-state index contributed by atoms with van der Waals surface area (Å²) in [6, 6.07) is 6.87. The van der Waals surface area contributed by atoms with Crippen molar-refractivity contribution in [3.05, 3.63) is 57.8 Å². The highest BCUT2D eigenvalue weighted by Gasteiger charge is 2.32. The maximum absolute atomic E-state index is 12.9. The molecule has 1 aliphatic rings. The number of amides is 2. The van der Waals surface area contributed by atoms with Gasteiger partial charge in [0.15, 0.2) is 0 Å². The molecule has 0 radical (unpaired) electrons. The van der Waals surface area contributed by atoms with Crippen LogP contribution in [0, 0.1) is 5.92 Å². The molecule has 0 aliphatic carbocycles. The first-order valence-electron chi connectivity index (χ1n) is 8.55. The molecule has 1 fully saturated rings. The summed E-state index contributed by atoms with van der Waals surface area (Å²) in [5.41, 5.74) is 0.674. The van der Waals surface area contributed by atoms with Gasteiger partial charge in [0.2, 0.25) is 11.8 Å². The molecular formula is C19H19F3N2O2S. The molecule has 144 valence electrons. The summed E-state index contributed by atoms with van der Waals surface area (Å²) >= 11 is 1.55. The smallest absolute Gasteiger partial charge is 0.352 e. The molecule has 1 saturated heterocycles. The number of halogens is 3. The largest absolute Gasteiger partial charge is 0.416 e. The quantitative estimate of drug-likeness (QED) is 0.835. The topological polar surface area (TPSA) is 49.4 Å². The van der Waals surface area contributed by atoms with E-state index in [4.69, 9.17) is 0 Å². The number of likely N-dealkylation sites (tertiary alicyclic amines) is 1. The summed E-state index contributed by atoms with van der Waals surface area (Å²) in [7, 11) is 0. The number of carbonyl (C=O) groups is 2. The van der Waals surface area contributed by atoms with Crippen LogP contribution in [0.1, 0.15) is 29.5 Å². The van der Waals surface area contributed by atoms with Gasteiger partial charge >= 0.3 is 6.18 Å². The number of rotatable bonds is 5. The van der Waals surface area contributed by atoms with Crippen molar-refractivity contribution in [2.75, 3.05) is 6.54 Å². The zero-order valence-corrected chi connectivity index (χ0v) is 15.3. The average molecular weight is 396 g/mol. The molecule has 1 aliphatic heterocycles. The van der Waals surface area contributed by atoms with Gasteiger partial charge in [-0.05, 0) is 46.5 Å². The number of hydrogen-bond donors (Lipinski definition) is 1. The molecule has 0 unspecified atom stereocenters.